The molecule has 0 saturated heterocycles. The summed E-state index contributed by atoms with van der Waals surface area (Å²) in [6.45, 7) is 4.24. The highest BCUT2D eigenvalue weighted by atomic mass is 16.5. The predicted molar refractivity (Wildman–Crippen MR) is 119 cm³/mol. The summed E-state index contributed by atoms with van der Waals surface area (Å²) < 4.78 is 5.74. The number of nitrogens with zero attached hydrogens (tertiary/aromatic N) is 2. The van der Waals surface area contributed by atoms with Crippen molar-refractivity contribution >= 4 is 11.9 Å². The summed E-state index contributed by atoms with van der Waals surface area (Å²) in [6.07, 6.45) is 1.97. The maximum atomic E-state index is 11.9. The summed E-state index contributed by atoms with van der Waals surface area (Å²) in [5.41, 5.74) is 3.02. The Bertz CT molecular complexity index is 784. The Balaban J connectivity index is 1.63. The smallest absolute Gasteiger partial charge is 0.253 e. The van der Waals surface area contributed by atoms with Crippen molar-refractivity contribution < 1.29 is 9.53 Å². The van der Waals surface area contributed by atoms with Crippen LogP contribution in [0.4, 0.5) is 0 Å². The topological polar surface area (TPSA) is 66.0 Å². The number of aryl methyl sites for hydroxylation is 1. The average molecular weight is 397 g/mol. The first-order valence-electron chi connectivity index (χ1n) is 9.94. The monoisotopic (exact) mass is 396 g/mol. The van der Waals surface area contributed by atoms with Crippen molar-refractivity contribution in [1.29, 1.82) is 0 Å². The molecule has 0 aromatic heterocycles. The molecule has 0 aliphatic rings. The molecule has 29 heavy (non-hydrogen) atoms. The highest BCUT2D eigenvalue weighted by Crippen LogP contribution is 2.11. The fraction of sp³-hybridized carbons (Fsp3) is 0.391. The first-order valence-corrected chi connectivity index (χ1v) is 9.94. The number of benzene rings is 2. The number of carbonyl (C=O) groups excluding carboxylic acids is 1. The van der Waals surface area contributed by atoms with Crippen LogP contribution < -0.4 is 15.4 Å². The molecule has 0 heterocycles. The van der Waals surface area contributed by atoms with Gasteiger partial charge in [0.1, 0.15) is 5.75 Å². The molecule has 0 unspecified atom stereocenters. The first kappa shape index (κ1) is 22.3. The molecule has 2 aromatic carbocycles. The maximum Gasteiger partial charge on any atom is 0.253 e. The van der Waals surface area contributed by atoms with Crippen molar-refractivity contribution in [2.75, 3.05) is 34.3 Å². The highest BCUT2D eigenvalue weighted by molar-refractivity contribution is 5.93. The van der Waals surface area contributed by atoms with Gasteiger partial charge >= 0.3 is 0 Å². The fourth-order valence-electron chi connectivity index (χ4n) is 2.69. The number of hydrogen-bond donors (Lipinski definition) is 2. The van der Waals surface area contributed by atoms with Crippen molar-refractivity contribution in [3.05, 3.63) is 65.2 Å². The fourth-order valence-corrected chi connectivity index (χ4v) is 2.69. The van der Waals surface area contributed by atoms with E-state index in [4.69, 9.17) is 4.74 Å². The summed E-state index contributed by atoms with van der Waals surface area (Å²) in [7, 11) is 5.26. The van der Waals surface area contributed by atoms with Crippen molar-refractivity contribution in [1.82, 2.24) is 15.5 Å². The van der Waals surface area contributed by atoms with Crippen LogP contribution in [0.3, 0.4) is 0 Å². The van der Waals surface area contributed by atoms with Gasteiger partial charge in [-0.15, -0.1) is 0 Å². The molecule has 0 aliphatic heterocycles. The number of rotatable bonds is 9. The number of unbranched alkanes of at least 4 members (excludes halogenated alkanes) is 1. The van der Waals surface area contributed by atoms with Crippen LogP contribution in [0.5, 0.6) is 5.75 Å². The molecular weight excluding hydrogens is 364 g/mol. The third-order valence-electron chi connectivity index (χ3n) is 4.44. The second-order valence-electron chi connectivity index (χ2n) is 7.12. The van der Waals surface area contributed by atoms with Gasteiger partial charge in [-0.05, 0) is 49.6 Å². The number of nitrogens with one attached hydrogen (secondary N) is 2. The number of amides is 1. The minimum Gasteiger partial charge on any atom is -0.494 e. The lowest BCUT2D eigenvalue weighted by Crippen LogP contribution is -2.37. The van der Waals surface area contributed by atoms with Gasteiger partial charge in [-0.25, -0.2) is 0 Å². The van der Waals surface area contributed by atoms with E-state index in [1.54, 1.807) is 26.0 Å². The van der Waals surface area contributed by atoms with E-state index in [0.717, 1.165) is 36.7 Å². The number of carbonyl (C=O) groups is 1. The zero-order valence-corrected chi connectivity index (χ0v) is 17.9. The minimum atomic E-state index is 0.00773. The van der Waals surface area contributed by atoms with E-state index in [-0.39, 0.29) is 5.91 Å². The Morgan fingerprint density at radius 3 is 2.31 bits per heavy atom. The minimum absolute atomic E-state index is 0.00773. The Labute approximate surface area is 174 Å². The van der Waals surface area contributed by atoms with E-state index in [2.05, 4.69) is 34.7 Å². The van der Waals surface area contributed by atoms with E-state index in [1.165, 1.54) is 5.56 Å². The molecule has 0 bridgehead atoms. The van der Waals surface area contributed by atoms with E-state index in [1.807, 2.05) is 36.4 Å². The van der Waals surface area contributed by atoms with Gasteiger partial charge < -0.3 is 20.3 Å². The largest absolute Gasteiger partial charge is 0.494 e. The van der Waals surface area contributed by atoms with Gasteiger partial charge in [0, 0.05) is 39.8 Å². The number of aliphatic imine (C=N–C) groups is 1. The second kappa shape index (κ2) is 11.7. The molecule has 0 saturated carbocycles. The van der Waals surface area contributed by atoms with E-state index >= 15 is 0 Å². The van der Waals surface area contributed by atoms with Crippen molar-refractivity contribution in [2.24, 2.45) is 4.99 Å². The van der Waals surface area contributed by atoms with E-state index in [0.29, 0.717) is 18.7 Å². The third-order valence-corrected chi connectivity index (χ3v) is 4.44. The Kier molecular flexibility index (Phi) is 9.02. The average Bonchev–Trinajstić information content (AvgIpc) is 2.73. The van der Waals surface area contributed by atoms with Crippen LogP contribution >= 0.6 is 0 Å². The lowest BCUT2D eigenvalue weighted by atomic mass is 10.1. The molecule has 6 heteroatoms. The van der Waals surface area contributed by atoms with Crippen molar-refractivity contribution in [2.45, 2.75) is 26.3 Å². The van der Waals surface area contributed by atoms with Gasteiger partial charge in [0.15, 0.2) is 5.96 Å². The van der Waals surface area contributed by atoms with Gasteiger partial charge in [0.25, 0.3) is 5.91 Å². The highest BCUT2D eigenvalue weighted by Gasteiger charge is 2.07. The molecule has 0 atom stereocenters. The summed E-state index contributed by atoms with van der Waals surface area (Å²) >= 11 is 0. The summed E-state index contributed by atoms with van der Waals surface area (Å²) in [6, 6.07) is 15.7. The molecule has 2 aromatic rings. The van der Waals surface area contributed by atoms with Crippen LogP contribution in [0.25, 0.3) is 0 Å². The molecule has 156 valence electrons. The van der Waals surface area contributed by atoms with E-state index in [9.17, 15) is 4.79 Å². The molecule has 1 amide bonds. The molecular formula is C23H32N4O2. The Morgan fingerprint density at radius 2 is 1.69 bits per heavy atom. The lowest BCUT2D eigenvalue weighted by Gasteiger charge is -2.13. The normalized spacial score (nSPS) is 11.1. The van der Waals surface area contributed by atoms with Gasteiger partial charge in [-0.3, -0.25) is 9.79 Å². The van der Waals surface area contributed by atoms with Gasteiger partial charge in [0.2, 0.25) is 0 Å². The van der Waals surface area contributed by atoms with Gasteiger partial charge in [-0.1, -0.05) is 29.8 Å². The molecule has 0 fully saturated rings. The number of guanidine groups is 1. The van der Waals surface area contributed by atoms with Crippen LogP contribution in [0.2, 0.25) is 0 Å². The molecule has 2 N–H and O–H groups in total. The lowest BCUT2D eigenvalue weighted by molar-refractivity contribution is 0.0827. The standard InChI is InChI=1S/C23H32N4O2/c1-18-7-13-21(14-8-18)29-16-6-5-15-25-23(24-2)26-17-19-9-11-20(12-10-19)22(28)27(3)4/h7-14H,5-6,15-17H2,1-4H3,(H2,24,25,26). The molecule has 0 aliphatic carbocycles. The van der Waals surface area contributed by atoms with Crippen molar-refractivity contribution in [3.63, 3.8) is 0 Å². The summed E-state index contributed by atoms with van der Waals surface area (Å²) in [4.78, 5) is 17.8. The molecule has 2 rings (SSSR count). The summed E-state index contributed by atoms with van der Waals surface area (Å²) in [5, 5.41) is 6.60. The van der Waals surface area contributed by atoms with Gasteiger partial charge in [0.05, 0.1) is 6.61 Å². The molecule has 6 nitrogen and oxygen atoms in total. The predicted octanol–water partition coefficient (Wildman–Crippen LogP) is 3.22. The Morgan fingerprint density at radius 1 is 1.00 bits per heavy atom. The first-order chi connectivity index (χ1) is 14.0. The molecule has 0 radical (unpaired) electrons. The maximum absolute atomic E-state index is 11.9. The van der Waals surface area contributed by atoms with Crippen LogP contribution in [-0.4, -0.2) is 51.1 Å². The second-order valence-corrected chi connectivity index (χ2v) is 7.12. The van der Waals surface area contributed by atoms with Crippen LogP contribution in [0.15, 0.2) is 53.5 Å². The van der Waals surface area contributed by atoms with Crippen LogP contribution in [0.1, 0.15) is 34.3 Å². The SMILES string of the molecule is CN=C(NCCCCOc1ccc(C)cc1)NCc1ccc(C(=O)N(C)C)cc1. The number of ether oxygens (including phenoxy) is 1. The van der Waals surface area contributed by atoms with Crippen LogP contribution in [-0.2, 0) is 6.54 Å². The van der Waals surface area contributed by atoms with Gasteiger partial charge in [-0.2, -0.15) is 0 Å². The van der Waals surface area contributed by atoms with Crippen LogP contribution in [0, 0.1) is 6.92 Å². The number of hydrogen-bond acceptors (Lipinski definition) is 3. The van der Waals surface area contributed by atoms with E-state index < -0.39 is 0 Å². The zero-order chi connectivity index (χ0) is 21.1. The Hall–Kier alpha value is -3.02. The quantitative estimate of drug-likeness (QED) is 0.388. The molecule has 0 spiro atoms. The zero-order valence-electron chi connectivity index (χ0n) is 17.9. The van der Waals surface area contributed by atoms with Crippen molar-refractivity contribution in [3.8, 4) is 5.75 Å². The summed E-state index contributed by atoms with van der Waals surface area (Å²) in [5.74, 6) is 1.69. The third kappa shape index (κ3) is 7.86.